The third kappa shape index (κ3) is 1.59. The molecule has 1 aliphatic carbocycles. The molecule has 2 heterocycles. The molecule has 0 spiro atoms. The molecule has 82 valence electrons. The molecule has 3 nitrogen and oxygen atoms in total. The van der Waals surface area contributed by atoms with Crippen LogP contribution in [-0.2, 0) is 0 Å². The van der Waals surface area contributed by atoms with E-state index in [4.69, 9.17) is 0 Å². The number of carbonyl (C=O) groups excluding carboxylic acids is 1. The average molecular weight is 232 g/mol. The summed E-state index contributed by atoms with van der Waals surface area (Å²) in [5.41, 5.74) is 2.31. The Hall–Kier alpha value is -1.42. The van der Waals surface area contributed by atoms with E-state index in [2.05, 4.69) is 11.3 Å². The topological polar surface area (TPSA) is 34.9 Å². The molecule has 0 unspecified atom stereocenters. The summed E-state index contributed by atoms with van der Waals surface area (Å²) >= 11 is 1.45. The maximum absolute atomic E-state index is 10.6. The van der Waals surface area contributed by atoms with Crippen molar-refractivity contribution in [1.82, 2.24) is 9.78 Å². The van der Waals surface area contributed by atoms with Crippen LogP contribution in [0.1, 0.15) is 40.4 Å². The van der Waals surface area contributed by atoms with Crippen molar-refractivity contribution < 1.29 is 4.79 Å². The lowest BCUT2D eigenvalue weighted by atomic mass is 9.81. The van der Waals surface area contributed by atoms with E-state index < -0.39 is 0 Å². The van der Waals surface area contributed by atoms with Crippen LogP contribution < -0.4 is 0 Å². The first kappa shape index (κ1) is 9.78. The largest absolute Gasteiger partial charge is 0.297 e. The quantitative estimate of drug-likeness (QED) is 0.762. The number of aldehydes is 1. The summed E-state index contributed by atoms with van der Waals surface area (Å²) in [5, 5.41) is 6.30. The molecule has 0 bridgehead atoms. The lowest BCUT2D eigenvalue weighted by molar-refractivity contribution is 0.112. The minimum atomic E-state index is 0.706. The fraction of sp³-hybridized carbons (Fsp3) is 0.333. The minimum absolute atomic E-state index is 0.706. The Kier molecular flexibility index (Phi) is 2.36. The highest BCUT2D eigenvalue weighted by Gasteiger charge is 2.20. The van der Waals surface area contributed by atoms with Gasteiger partial charge >= 0.3 is 0 Å². The van der Waals surface area contributed by atoms with Gasteiger partial charge in [-0.05, 0) is 30.4 Å². The average Bonchev–Trinajstić information content (AvgIpc) is 2.81. The zero-order valence-electron chi connectivity index (χ0n) is 8.80. The Morgan fingerprint density at radius 2 is 2.38 bits per heavy atom. The first-order valence-electron chi connectivity index (χ1n) is 5.45. The summed E-state index contributed by atoms with van der Waals surface area (Å²) in [6, 6.07) is 1.87. The molecule has 0 N–H and O–H groups in total. The molecular formula is C12H12N2OS. The Morgan fingerprint density at radius 3 is 3.00 bits per heavy atom. The molecule has 1 saturated carbocycles. The summed E-state index contributed by atoms with van der Waals surface area (Å²) in [6.45, 7) is 0. The minimum Gasteiger partial charge on any atom is -0.297 e. The highest BCUT2D eigenvalue weighted by atomic mass is 32.1. The second kappa shape index (κ2) is 3.87. The van der Waals surface area contributed by atoms with Gasteiger partial charge in [-0.25, -0.2) is 4.68 Å². The molecule has 2 aromatic rings. The third-order valence-electron chi connectivity index (χ3n) is 3.17. The van der Waals surface area contributed by atoms with E-state index in [0.717, 1.165) is 16.9 Å². The van der Waals surface area contributed by atoms with Crippen molar-refractivity contribution in [3.8, 4) is 5.69 Å². The number of nitrogens with zero attached hydrogens (tertiary/aromatic N) is 2. The van der Waals surface area contributed by atoms with Gasteiger partial charge in [-0.15, -0.1) is 11.3 Å². The molecule has 0 saturated heterocycles. The van der Waals surface area contributed by atoms with Crippen molar-refractivity contribution in [2.45, 2.75) is 25.2 Å². The van der Waals surface area contributed by atoms with Crippen LogP contribution in [0.15, 0.2) is 23.8 Å². The van der Waals surface area contributed by atoms with E-state index in [1.807, 2.05) is 22.3 Å². The van der Waals surface area contributed by atoms with E-state index in [1.165, 1.54) is 36.2 Å². The van der Waals surface area contributed by atoms with Crippen molar-refractivity contribution in [3.63, 3.8) is 0 Å². The Bertz CT molecular complexity index is 511. The van der Waals surface area contributed by atoms with Gasteiger partial charge in [0.2, 0.25) is 0 Å². The van der Waals surface area contributed by atoms with E-state index in [0.29, 0.717) is 5.92 Å². The highest BCUT2D eigenvalue weighted by molar-refractivity contribution is 7.12. The normalized spacial score (nSPS) is 16.0. The number of hydrogen-bond acceptors (Lipinski definition) is 3. The van der Waals surface area contributed by atoms with E-state index in [9.17, 15) is 4.79 Å². The van der Waals surface area contributed by atoms with Gasteiger partial charge in [0.15, 0.2) is 6.29 Å². The molecule has 0 aromatic carbocycles. The highest BCUT2D eigenvalue weighted by Crippen LogP contribution is 2.36. The van der Waals surface area contributed by atoms with Gasteiger partial charge in [0.1, 0.15) is 0 Å². The summed E-state index contributed by atoms with van der Waals surface area (Å²) < 4.78 is 1.86. The van der Waals surface area contributed by atoms with Gasteiger partial charge in [-0.1, -0.05) is 6.42 Å². The van der Waals surface area contributed by atoms with Crippen LogP contribution in [0.2, 0.25) is 0 Å². The molecule has 0 radical (unpaired) electrons. The number of aromatic nitrogens is 2. The van der Waals surface area contributed by atoms with E-state index in [1.54, 1.807) is 0 Å². The summed E-state index contributed by atoms with van der Waals surface area (Å²) in [7, 11) is 0. The maximum atomic E-state index is 10.6. The molecule has 1 fully saturated rings. The van der Waals surface area contributed by atoms with E-state index in [-0.39, 0.29) is 0 Å². The molecule has 0 aliphatic heterocycles. The van der Waals surface area contributed by atoms with Gasteiger partial charge in [0.25, 0.3) is 0 Å². The zero-order chi connectivity index (χ0) is 11.0. The van der Waals surface area contributed by atoms with Crippen molar-refractivity contribution in [2.75, 3.05) is 0 Å². The Morgan fingerprint density at radius 1 is 1.50 bits per heavy atom. The number of hydrogen-bond donors (Lipinski definition) is 0. The van der Waals surface area contributed by atoms with Crippen LogP contribution in [0.5, 0.6) is 0 Å². The fourth-order valence-corrected chi connectivity index (χ4v) is 2.63. The van der Waals surface area contributed by atoms with Gasteiger partial charge in [0, 0.05) is 11.6 Å². The lowest BCUT2D eigenvalue weighted by Crippen LogP contribution is -2.07. The summed E-state index contributed by atoms with van der Waals surface area (Å²) in [4.78, 5) is 11.3. The predicted octanol–water partition coefficient (Wildman–Crippen LogP) is 3.01. The van der Waals surface area contributed by atoms with Crippen molar-refractivity contribution in [3.05, 3.63) is 34.3 Å². The van der Waals surface area contributed by atoms with Gasteiger partial charge in [0.05, 0.1) is 16.8 Å². The smallest absolute Gasteiger partial charge is 0.160 e. The first-order valence-corrected chi connectivity index (χ1v) is 6.33. The summed E-state index contributed by atoms with van der Waals surface area (Å²) in [6.07, 6.45) is 8.82. The molecule has 1 aliphatic rings. The van der Waals surface area contributed by atoms with Crippen molar-refractivity contribution >= 4 is 17.6 Å². The predicted molar refractivity (Wildman–Crippen MR) is 63.4 cm³/mol. The second-order valence-electron chi connectivity index (χ2n) is 4.17. The Labute approximate surface area is 97.7 Å². The van der Waals surface area contributed by atoms with Gasteiger partial charge in [-0.2, -0.15) is 5.10 Å². The number of rotatable bonds is 3. The lowest BCUT2D eigenvalue weighted by Gasteiger charge is -2.23. The zero-order valence-corrected chi connectivity index (χ0v) is 9.61. The molecular weight excluding hydrogens is 220 g/mol. The third-order valence-corrected chi connectivity index (χ3v) is 4.01. The van der Waals surface area contributed by atoms with Crippen molar-refractivity contribution in [1.29, 1.82) is 0 Å². The van der Waals surface area contributed by atoms with Crippen molar-refractivity contribution in [2.24, 2.45) is 0 Å². The molecule has 2 aromatic heterocycles. The maximum Gasteiger partial charge on any atom is 0.160 e. The van der Waals surface area contributed by atoms with Crippen LogP contribution in [0.25, 0.3) is 5.69 Å². The molecule has 3 rings (SSSR count). The van der Waals surface area contributed by atoms with Crippen LogP contribution in [0, 0.1) is 0 Å². The van der Waals surface area contributed by atoms with Gasteiger partial charge in [-0.3, -0.25) is 4.79 Å². The first-order chi connectivity index (χ1) is 7.86. The number of thiophene rings is 1. The fourth-order valence-electron chi connectivity index (χ4n) is 1.95. The monoisotopic (exact) mass is 232 g/mol. The van der Waals surface area contributed by atoms with Crippen LogP contribution in [0.3, 0.4) is 0 Å². The van der Waals surface area contributed by atoms with E-state index >= 15 is 0 Å². The van der Waals surface area contributed by atoms with Crippen LogP contribution in [0.4, 0.5) is 0 Å². The SMILES string of the molecule is O=Cc1cc(-n2cc(C3CCC3)cn2)cs1. The Balaban J connectivity index is 1.88. The standard InChI is InChI=1S/C12H12N2OS/c15-7-12-4-11(8-16-12)14-6-10(5-13-14)9-2-1-3-9/h4-9H,1-3H2. The van der Waals surface area contributed by atoms with Crippen LogP contribution >= 0.6 is 11.3 Å². The summed E-state index contributed by atoms with van der Waals surface area (Å²) in [5.74, 6) is 0.706. The van der Waals surface area contributed by atoms with Gasteiger partial charge < -0.3 is 0 Å². The molecule has 0 amide bonds. The molecule has 4 heteroatoms. The molecule has 16 heavy (non-hydrogen) atoms. The molecule has 0 atom stereocenters. The second-order valence-corrected chi connectivity index (χ2v) is 5.11. The van der Waals surface area contributed by atoms with Crippen LogP contribution in [-0.4, -0.2) is 16.1 Å². The number of carbonyl (C=O) groups is 1.